The third kappa shape index (κ3) is 3.24. The summed E-state index contributed by atoms with van der Waals surface area (Å²) in [5, 5.41) is 12.8. The van der Waals surface area contributed by atoms with Crippen molar-refractivity contribution < 1.29 is 5.11 Å². The monoisotopic (exact) mass is 291 g/mol. The van der Waals surface area contributed by atoms with Gasteiger partial charge in [0.1, 0.15) is 5.75 Å². The SMILES string of the molecule is Cc1cc(NCc2cccc(Br)c2)ccc1O. The summed E-state index contributed by atoms with van der Waals surface area (Å²) in [7, 11) is 0. The quantitative estimate of drug-likeness (QED) is 0.836. The van der Waals surface area contributed by atoms with Crippen molar-refractivity contribution in [2.75, 3.05) is 5.32 Å². The molecule has 0 aliphatic heterocycles. The lowest BCUT2D eigenvalue weighted by molar-refractivity contribution is 0.471. The molecule has 2 N–H and O–H groups in total. The van der Waals surface area contributed by atoms with Gasteiger partial charge in [-0.15, -0.1) is 0 Å². The van der Waals surface area contributed by atoms with Gasteiger partial charge in [-0.25, -0.2) is 0 Å². The molecule has 0 aliphatic carbocycles. The number of aromatic hydroxyl groups is 1. The molecule has 2 aromatic rings. The number of hydrogen-bond acceptors (Lipinski definition) is 2. The van der Waals surface area contributed by atoms with Gasteiger partial charge in [-0.3, -0.25) is 0 Å². The summed E-state index contributed by atoms with van der Waals surface area (Å²) < 4.78 is 1.08. The number of phenols is 1. The topological polar surface area (TPSA) is 32.3 Å². The summed E-state index contributed by atoms with van der Waals surface area (Å²) in [4.78, 5) is 0. The molecule has 3 heteroatoms. The van der Waals surface area contributed by atoms with Gasteiger partial charge in [0.15, 0.2) is 0 Å². The highest BCUT2D eigenvalue weighted by atomic mass is 79.9. The van der Waals surface area contributed by atoms with Gasteiger partial charge in [0, 0.05) is 16.7 Å². The van der Waals surface area contributed by atoms with E-state index >= 15 is 0 Å². The Kier molecular flexibility index (Phi) is 3.69. The van der Waals surface area contributed by atoms with Crippen LogP contribution in [0.2, 0.25) is 0 Å². The van der Waals surface area contributed by atoms with Gasteiger partial charge < -0.3 is 10.4 Å². The second kappa shape index (κ2) is 5.23. The first kappa shape index (κ1) is 12.0. The van der Waals surface area contributed by atoms with E-state index in [-0.39, 0.29) is 0 Å². The number of hydrogen-bond donors (Lipinski definition) is 2. The predicted octanol–water partition coefficient (Wildman–Crippen LogP) is 4.08. The van der Waals surface area contributed by atoms with Crippen LogP contribution >= 0.6 is 15.9 Å². The minimum absolute atomic E-state index is 0.331. The first-order chi connectivity index (χ1) is 8.15. The Morgan fingerprint density at radius 3 is 2.71 bits per heavy atom. The first-order valence-corrected chi connectivity index (χ1v) is 6.22. The van der Waals surface area contributed by atoms with Crippen LogP contribution in [0.25, 0.3) is 0 Å². The zero-order chi connectivity index (χ0) is 12.3. The largest absolute Gasteiger partial charge is 0.508 e. The Bertz CT molecular complexity index is 525. The van der Waals surface area contributed by atoms with Crippen molar-refractivity contribution in [3.05, 3.63) is 58.1 Å². The van der Waals surface area contributed by atoms with Gasteiger partial charge in [-0.1, -0.05) is 28.1 Å². The van der Waals surface area contributed by atoms with E-state index < -0.39 is 0 Å². The standard InChI is InChI=1S/C14H14BrNO/c1-10-7-13(5-6-14(10)17)16-9-11-3-2-4-12(15)8-11/h2-8,16-17H,9H2,1H3. The first-order valence-electron chi connectivity index (χ1n) is 5.43. The molecule has 2 rings (SSSR count). The van der Waals surface area contributed by atoms with Crippen LogP contribution in [0, 0.1) is 6.92 Å². The van der Waals surface area contributed by atoms with Crippen LogP contribution < -0.4 is 5.32 Å². The van der Waals surface area contributed by atoms with Gasteiger partial charge in [0.25, 0.3) is 0 Å². The Labute approximate surface area is 109 Å². The van der Waals surface area contributed by atoms with Gasteiger partial charge in [-0.2, -0.15) is 0 Å². The van der Waals surface area contributed by atoms with Crippen LogP contribution in [-0.4, -0.2) is 5.11 Å². The average Bonchev–Trinajstić information content (AvgIpc) is 2.31. The van der Waals surface area contributed by atoms with E-state index in [1.807, 2.05) is 31.2 Å². The lowest BCUT2D eigenvalue weighted by atomic mass is 10.2. The van der Waals surface area contributed by atoms with Crippen molar-refractivity contribution >= 4 is 21.6 Å². The summed E-state index contributed by atoms with van der Waals surface area (Å²) >= 11 is 3.45. The highest BCUT2D eigenvalue weighted by Gasteiger charge is 1.98. The summed E-state index contributed by atoms with van der Waals surface area (Å²) in [6, 6.07) is 13.7. The molecule has 0 spiro atoms. The van der Waals surface area contributed by atoms with E-state index in [4.69, 9.17) is 0 Å². The van der Waals surface area contributed by atoms with Crippen molar-refractivity contribution in [1.29, 1.82) is 0 Å². The van der Waals surface area contributed by atoms with Crippen molar-refractivity contribution in [2.24, 2.45) is 0 Å². The average molecular weight is 292 g/mol. The lowest BCUT2D eigenvalue weighted by Crippen LogP contribution is -1.99. The molecule has 0 saturated carbocycles. The van der Waals surface area contributed by atoms with Gasteiger partial charge in [-0.05, 0) is 48.4 Å². The van der Waals surface area contributed by atoms with E-state index in [1.165, 1.54) is 5.56 Å². The fraction of sp³-hybridized carbons (Fsp3) is 0.143. The zero-order valence-electron chi connectivity index (χ0n) is 9.57. The Morgan fingerprint density at radius 2 is 2.00 bits per heavy atom. The summed E-state index contributed by atoms with van der Waals surface area (Å²) in [5.74, 6) is 0.331. The van der Waals surface area contributed by atoms with Crippen LogP contribution in [0.15, 0.2) is 46.9 Å². The van der Waals surface area contributed by atoms with Crippen molar-refractivity contribution in [1.82, 2.24) is 0 Å². The van der Waals surface area contributed by atoms with Gasteiger partial charge in [0.05, 0.1) is 0 Å². The molecule has 0 amide bonds. The number of halogens is 1. The third-order valence-corrected chi connectivity index (χ3v) is 3.08. The summed E-state index contributed by atoms with van der Waals surface area (Å²) in [6.07, 6.45) is 0. The van der Waals surface area contributed by atoms with E-state index in [2.05, 4.69) is 33.4 Å². The Balaban J connectivity index is 2.05. The highest BCUT2D eigenvalue weighted by Crippen LogP contribution is 2.21. The highest BCUT2D eigenvalue weighted by molar-refractivity contribution is 9.10. The fourth-order valence-corrected chi connectivity index (χ4v) is 2.06. The van der Waals surface area contributed by atoms with Crippen LogP contribution in [0.4, 0.5) is 5.69 Å². The number of benzene rings is 2. The maximum absolute atomic E-state index is 9.43. The van der Waals surface area contributed by atoms with Crippen LogP contribution in [-0.2, 0) is 6.54 Å². The molecule has 0 radical (unpaired) electrons. The number of nitrogens with one attached hydrogen (secondary N) is 1. The minimum atomic E-state index is 0.331. The molecule has 17 heavy (non-hydrogen) atoms. The summed E-state index contributed by atoms with van der Waals surface area (Å²) in [5.41, 5.74) is 3.11. The summed E-state index contributed by atoms with van der Waals surface area (Å²) in [6.45, 7) is 2.66. The van der Waals surface area contributed by atoms with E-state index in [1.54, 1.807) is 6.07 Å². The van der Waals surface area contributed by atoms with Crippen LogP contribution in [0.3, 0.4) is 0 Å². The number of rotatable bonds is 3. The van der Waals surface area contributed by atoms with Crippen LogP contribution in [0.1, 0.15) is 11.1 Å². The molecule has 2 aromatic carbocycles. The zero-order valence-corrected chi connectivity index (χ0v) is 11.2. The Morgan fingerprint density at radius 1 is 1.18 bits per heavy atom. The number of anilines is 1. The molecule has 0 bridgehead atoms. The smallest absolute Gasteiger partial charge is 0.118 e. The minimum Gasteiger partial charge on any atom is -0.508 e. The molecule has 0 aromatic heterocycles. The van der Waals surface area contributed by atoms with Gasteiger partial charge in [0.2, 0.25) is 0 Å². The molecule has 0 unspecified atom stereocenters. The maximum Gasteiger partial charge on any atom is 0.118 e. The van der Waals surface area contributed by atoms with Gasteiger partial charge >= 0.3 is 0 Å². The molecule has 0 fully saturated rings. The number of phenolic OH excluding ortho intramolecular Hbond substituents is 1. The van der Waals surface area contributed by atoms with Crippen LogP contribution in [0.5, 0.6) is 5.75 Å². The normalized spacial score (nSPS) is 10.2. The molecule has 2 nitrogen and oxygen atoms in total. The van der Waals surface area contributed by atoms with E-state index in [9.17, 15) is 5.11 Å². The second-order valence-corrected chi connectivity index (χ2v) is 4.90. The second-order valence-electron chi connectivity index (χ2n) is 3.98. The lowest BCUT2D eigenvalue weighted by Gasteiger charge is -2.08. The van der Waals surface area contributed by atoms with E-state index in [0.717, 1.165) is 22.3 Å². The Hall–Kier alpha value is -1.48. The molecular formula is C14H14BrNO. The van der Waals surface area contributed by atoms with Crippen molar-refractivity contribution in [3.8, 4) is 5.75 Å². The molecule has 0 atom stereocenters. The molecule has 0 aliphatic rings. The van der Waals surface area contributed by atoms with E-state index in [0.29, 0.717) is 5.75 Å². The molecule has 0 saturated heterocycles. The molecule has 88 valence electrons. The fourth-order valence-electron chi connectivity index (χ4n) is 1.62. The van der Waals surface area contributed by atoms with Crippen molar-refractivity contribution in [3.63, 3.8) is 0 Å². The predicted molar refractivity (Wildman–Crippen MR) is 74.3 cm³/mol. The molecule has 0 heterocycles. The maximum atomic E-state index is 9.43. The van der Waals surface area contributed by atoms with Crippen molar-refractivity contribution in [2.45, 2.75) is 13.5 Å². The third-order valence-electron chi connectivity index (χ3n) is 2.58. The number of aryl methyl sites for hydroxylation is 1. The molecular weight excluding hydrogens is 278 g/mol.